The Morgan fingerprint density at radius 2 is 1.70 bits per heavy atom. The number of halogens is 2. The Morgan fingerprint density at radius 1 is 1.00 bits per heavy atom. The van der Waals surface area contributed by atoms with Gasteiger partial charge < -0.3 is 4.57 Å². The number of aryl methyl sites for hydroxylation is 1. The minimum atomic E-state index is -3.70. The third kappa shape index (κ3) is 4.18. The Labute approximate surface area is 168 Å². The molecular formula is C19H17Cl2N3O2S. The van der Waals surface area contributed by atoms with Gasteiger partial charge in [0.2, 0.25) is 0 Å². The number of nitrogens with zero attached hydrogens (tertiary/aromatic N) is 2. The van der Waals surface area contributed by atoms with Crippen LogP contribution >= 0.6 is 23.2 Å². The molecular weight excluding hydrogens is 405 g/mol. The van der Waals surface area contributed by atoms with Crippen LogP contribution in [0.2, 0.25) is 10.0 Å². The molecule has 8 heteroatoms. The van der Waals surface area contributed by atoms with Crippen LogP contribution in [0.25, 0.3) is 5.69 Å². The standard InChI is InChI=1S/C19H17Cl2N3O2S/c1-13-10-15(12-22-23-27(25,26)17-6-4-3-5-7-17)14(2)24(13)16-8-9-18(20)19(21)11-16/h3-12,23H,1-2H3/b22-12-. The van der Waals surface area contributed by atoms with Gasteiger partial charge in [0.05, 0.1) is 21.2 Å². The molecule has 140 valence electrons. The smallest absolute Gasteiger partial charge is 0.276 e. The number of hydrogen-bond donors (Lipinski definition) is 1. The lowest BCUT2D eigenvalue weighted by molar-refractivity contribution is 0.584. The molecule has 3 aromatic rings. The molecule has 5 nitrogen and oxygen atoms in total. The highest BCUT2D eigenvalue weighted by Gasteiger charge is 2.13. The van der Waals surface area contributed by atoms with Crippen molar-refractivity contribution in [2.75, 3.05) is 0 Å². The van der Waals surface area contributed by atoms with Crippen molar-refractivity contribution in [3.8, 4) is 5.69 Å². The first-order valence-electron chi connectivity index (χ1n) is 8.04. The van der Waals surface area contributed by atoms with E-state index in [4.69, 9.17) is 23.2 Å². The van der Waals surface area contributed by atoms with E-state index in [0.717, 1.165) is 22.6 Å². The molecule has 0 aliphatic carbocycles. The van der Waals surface area contributed by atoms with Crippen molar-refractivity contribution in [1.82, 2.24) is 9.40 Å². The number of hydrazone groups is 1. The van der Waals surface area contributed by atoms with Crippen molar-refractivity contribution in [1.29, 1.82) is 0 Å². The van der Waals surface area contributed by atoms with Gasteiger partial charge in [0, 0.05) is 22.6 Å². The van der Waals surface area contributed by atoms with Gasteiger partial charge in [-0.2, -0.15) is 13.5 Å². The van der Waals surface area contributed by atoms with E-state index in [9.17, 15) is 8.42 Å². The highest BCUT2D eigenvalue weighted by Crippen LogP contribution is 2.27. The van der Waals surface area contributed by atoms with Gasteiger partial charge in [0.1, 0.15) is 0 Å². The van der Waals surface area contributed by atoms with Crippen LogP contribution in [0.1, 0.15) is 17.0 Å². The third-order valence-electron chi connectivity index (χ3n) is 4.06. The fourth-order valence-corrected chi connectivity index (χ4v) is 3.86. The molecule has 0 atom stereocenters. The Hall–Kier alpha value is -2.28. The average molecular weight is 422 g/mol. The maximum Gasteiger partial charge on any atom is 0.276 e. The average Bonchev–Trinajstić information content (AvgIpc) is 2.92. The zero-order chi connectivity index (χ0) is 19.6. The summed E-state index contributed by atoms with van der Waals surface area (Å²) in [6.45, 7) is 3.86. The molecule has 0 fully saturated rings. The fraction of sp³-hybridized carbons (Fsp3) is 0.105. The largest absolute Gasteiger partial charge is 0.318 e. The van der Waals surface area contributed by atoms with Gasteiger partial charge in [-0.1, -0.05) is 41.4 Å². The molecule has 1 N–H and O–H groups in total. The molecule has 1 aromatic heterocycles. The summed E-state index contributed by atoms with van der Waals surface area (Å²) >= 11 is 12.1. The summed E-state index contributed by atoms with van der Waals surface area (Å²) in [5.41, 5.74) is 3.50. The summed E-state index contributed by atoms with van der Waals surface area (Å²) in [5, 5.41) is 4.86. The first-order chi connectivity index (χ1) is 12.8. The van der Waals surface area contributed by atoms with E-state index in [-0.39, 0.29) is 4.90 Å². The predicted octanol–water partition coefficient (Wildman–Crippen LogP) is 4.71. The quantitative estimate of drug-likeness (QED) is 0.478. The molecule has 0 spiro atoms. The Kier molecular flexibility index (Phi) is 5.60. The topological polar surface area (TPSA) is 63.5 Å². The molecule has 1 heterocycles. The van der Waals surface area contributed by atoms with E-state index >= 15 is 0 Å². The van der Waals surface area contributed by atoms with E-state index < -0.39 is 10.0 Å². The predicted molar refractivity (Wildman–Crippen MR) is 110 cm³/mol. The molecule has 27 heavy (non-hydrogen) atoms. The van der Waals surface area contributed by atoms with E-state index in [1.54, 1.807) is 30.3 Å². The van der Waals surface area contributed by atoms with Gasteiger partial charge in [-0.15, -0.1) is 0 Å². The number of nitrogens with one attached hydrogen (secondary N) is 1. The first-order valence-corrected chi connectivity index (χ1v) is 10.3. The molecule has 3 rings (SSSR count). The molecule has 2 aromatic carbocycles. The molecule has 0 saturated heterocycles. The summed E-state index contributed by atoms with van der Waals surface area (Å²) in [4.78, 5) is 2.39. The van der Waals surface area contributed by atoms with Crippen LogP contribution in [0.3, 0.4) is 0 Å². The second-order valence-corrected chi connectivity index (χ2v) is 8.40. The van der Waals surface area contributed by atoms with Crippen LogP contribution in [0.5, 0.6) is 0 Å². The zero-order valence-electron chi connectivity index (χ0n) is 14.6. The lowest BCUT2D eigenvalue weighted by Gasteiger charge is -2.10. The monoisotopic (exact) mass is 421 g/mol. The summed E-state index contributed by atoms with van der Waals surface area (Å²) in [6.07, 6.45) is 1.48. The lowest BCUT2D eigenvalue weighted by Crippen LogP contribution is -2.18. The van der Waals surface area contributed by atoms with E-state index in [0.29, 0.717) is 10.0 Å². The second kappa shape index (κ2) is 7.76. The summed E-state index contributed by atoms with van der Waals surface area (Å²) < 4.78 is 26.4. The van der Waals surface area contributed by atoms with Gasteiger partial charge in [0.15, 0.2) is 0 Å². The molecule has 0 unspecified atom stereocenters. The first kappa shape index (κ1) is 19.5. The van der Waals surface area contributed by atoms with E-state index in [1.807, 2.05) is 30.5 Å². The molecule has 0 amide bonds. The summed E-state index contributed by atoms with van der Waals surface area (Å²) in [6, 6.07) is 15.4. The Morgan fingerprint density at radius 3 is 2.37 bits per heavy atom. The van der Waals surface area contributed by atoms with Crippen molar-refractivity contribution < 1.29 is 8.42 Å². The van der Waals surface area contributed by atoms with Gasteiger partial charge in [-0.05, 0) is 50.2 Å². The van der Waals surface area contributed by atoms with Crippen molar-refractivity contribution >= 4 is 39.4 Å². The van der Waals surface area contributed by atoms with Crippen molar-refractivity contribution in [2.45, 2.75) is 18.7 Å². The molecule has 0 saturated carbocycles. The number of hydrogen-bond acceptors (Lipinski definition) is 3. The van der Waals surface area contributed by atoms with Crippen molar-refractivity contribution in [3.63, 3.8) is 0 Å². The Bertz CT molecular complexity index is 1110. The fourth-order valence-electron chi connectivity index (χ4n) is 2.76. The maximum atomic E-state index is 12.2. The van der Waals surface area contributed by atoms with Crippen LogP contribution < -0.4 is 4.83 Å². The third-order valence-corrected chi connectivity index (χ3v) is 6.04. The number of benzene rings is 2. The van der Waals surface area contributed by atoms with Gasteiger partial charge in [0.25, 0.3) is 10.0 Å². The highest BCUT2D eigenvalue weighted by molar-refractivity contribution is 7.89. The molecule has 0 aliphatic heterocycles. The number of sulfonamides is 1. The molecule has 0 bridgehead atoms. The van der Waals surface area contributed by atoms with E-state index in [1.165, 1.54) is 18.3 Å². The van der Waals surface area contributed by atoms with Gasteiger partial charge in [-0.25, -0.2) is 4.83 Å². The second-order valence-electron chi connectivity index (χ2n) is 5.93. The van der Waals surface area contributed by atoms with Gasteiger partial charge in [-0.3, -0.25) is 0 Å². The molecule has 0 aliphatic rings. The highest BCUT2D eigenvalue weighted by atomic mass is 35.5. The van der Waals surface area contributed by atoms with Crippen LogP contribution in [0, 0.1) is 13.8 Å². The minimum absolute atomic E-state index is 0.156. The van der Waals surface area contributed by atoms with Crippen LogP contribution in [0.15, 0.2) is 64.6 Å². The summed E-state index contributed by atoms with van der Waals surface area (Å²) in [5.74, 6) is 0. The van der Waals surface area contributed by atoms with Crippen molar-refractivity contribution in [3.05, 3.63) is 81.6 Å². The van der Waals surface area contributed by atoms with Crippen LogP contribution in [-0.2, 0) is 10.0 Å². The maximum absolute atomic E-state index is 12.2. The number of aromatic nitrogens is 1. The van der Waals surface area contributed by atoms with Gasteiger partial charge >= 0.3 is 0 Å². The Balaban J connectivity index is 1.86. The zero-order valence-corrected chi connectivity index (χ0v) is 17.0. The lowest BCUT2D eigenvalue weighted by atomic mass is 10.2. The molecule has 0 radical (unpaired) electrons. The van der Waals surface area contributed by atoms with Crippen LogP contribution in [0.4, 0.5) is 0 Å². The summed E-state index contributed by atoms with van der Waals surface area (Å²) in [7, 11) is -3.70. The van der Waals surface area contributed by atoms with Crippen LogP contribution in [-0.4, -0.2) is 19.2 Å². The minimum Gasteiger partial charge on any atom is -0.318 e. The van der Waals surface area contributed by atoms with E-state index in [2.05, 4.69) is 9.93 Å². The SMILES string of the molecule is Cc1cc(/C=N\NS(=O)(=O)c2ccccc2)c(C)n1-c1ccc(Cl)c(Cl)c1. The van der Waals surface area contributed by atoms with Crippen molar-refractivity contribution in [2.24, 2.45) is 5.10 Å². The normalized spacial score (nSPS) is 11.9. The number of rotatable bonds is 5.